The fourth-order valence-corrected chi connectivity index (χ4v) is 1.56. The Balaban J connectivity index is 2.50. The van der Waals surface area contributed by atoms with Gasteiger partial charge in [-0.2, -0.15) is 0 Å². The van der Waals surface area contributed by atoms with Crippen LogP contribution in [-0.2, 0) is 4.79 Å². The summed E-state index contributed by atoms with van der Waals surface area (Å²) >= 11 is 0.746. The van der Waals surface area contributed by atoms with Crippen LogP contribution in [0.3, 0.4) is 0 Å². The van der Waals surface area contributed by atoms with E-state index < -0.39 is 0 Å². The molecule has 0 saturated heterocycles. The van der Waals surface area contributed by atoms with E-state index >= 15 is 0 Å². The number of anilines is 1. The molecule has 15 heavy (non-hydrogen) atoms. The number of hydrogen-bond acceptors (Lipinski definition) is 4. The number of unbranched alkanes of at least 4 members (excludes halogenated alkanes) is 1. The largest absolute Gasteiger partial charge is 0.375 e. The zero-order chi connectivity index (χ0) is 11.1. The van der Waals surface area contributed by atoms with Crippen molar-refractivity contribution in [2.75, 3.05) is 18.5 Å². The molecule has 0 unspecified atom stereocenters. The van der Waals surface area contributed by atoms with Crippen molar-refractivity contribution in [2.45, 2.75) is 17.7 Å². The van der Waals surface area contributed by atoms with Crippen molar-refractivity contribution in [3.63, 3.8) is 0 Å². The van der Waals surface area contributed by atoms with E-state index in [1.54, 1.807) is 0 Å². The fourth-order valence-electron chi connectivity index (χ4n) is 1.30. The maximum atomic E-state index is 10.2. The van der Waals surface area contributed by atoms with Crippen LogP contribution in [0.4, 0.5) is 5.69 Å². The first-order chi connectivity index (χ1) is 7.27. The SMILES string of the molecule is CN(CCCC=O)c1ccc(SO)cc1. The molecule has 0 spiro atoms. The average molecular weight is 225 g/mol. The highest BCUT2D eigenvalue weighted by Gasteiger charge is 2.00. The van der Waals surface area contributed by atoms with Gasteiger partial charge in [0.1, 0.15) is 6.29 Å². The van der Waals surface area contributed by atoms with Gasteiger partial charge in [0.05, 0.1) is 0 Å². The second kappa shape index (κ2) is 6.48. The molecule has 4 heteroatoms. The molecule has 0 atom stereocenters. The summed E-state index contributed by atoms with van der Waals surface area (Å²) in [6, 6.07) is 7.66. The van der Waals surface area contributed by atoms with Gasteiger partial charge in [-0.05, 0) is 30.7 Å². The van der Waals surface area contributed by atoms with Gasteiger partial charge in [-0.25, -0.2) is 0 Å². The minimum atomic E-state index is 0.606. The summed E-state index contributed by atoms with van der Waals surface area (Å²) in [6.07, 6.45) is 2.42. The van der Waals surface area contributed by atoms with Crippen LogP contribution >= 0.6 is 12.0 Å². The number of aldehydes is 1. The third-order valence-corrected chi connectivity index (χ3v) is 2.68. The molecule has 0 amide bonds. The zero-order valence-electron chi connectivity index (χ0n) is 8.72. The van der Waals surface area contributed by atoms with Crippen LogP contribution in [0.5, 0.6) is 0 Å². The summed E-state index contributed by atoms with van der Waals surface area (Å²) in [6.45, 7) is 0.865. The molecule has 82 valence electrons. The van der Waals surface area contributed by atoms with Gasteiger partial charge in [-0.1, -0.05) is 0 Å². The Morgan fingerprint density at radius 2 is 2.07 bits per heavy atom. The zero-order valence-corrected chi connectivity index (χ0v) is 9.54. The van der Waals surface area contributed by atoms with Gasteiger partial charge < -0.3 is 14.2 Å². The average Bonchev–Trinajstić information content (AvgIpc) is 2.29. The molecule has 1 N–H and O–H groups in total. The summed E-state index contributed by atoms with van der Waals surface area (Å²) in [5.41, 5.74) is 1.10. The Morgan fingerprint density at radius 1 is 1.40 bits per heavy atom. The minimum Gasteiger partial charge on any atom is -0.375 e. The monoisotopic (exact) mass is 225 g/mol. The number of carbonyl (C=O) groups is 1. The Morgan fingerprint density at radius 3 is 2.60 bits per heavy atom. The third-order valence-electron chi connectivity index (χ3n) is 2.20. The third kappa shape index (κ3) is 3.93. The summed E-state index contributed by atoms with van der Waals surface area (Å²) in [5.74, 6) is 0. The van der Waals surface area contributed by atoms with E-state index in [1.807, 2.05) is 31.3 Å². The van der Waals surface area contributed by atoms with Crippen LogP contribution in [0.2, 0.25) is 0 Å². The van der Waals surface area contributed by atoms with Crippen molar-refractivity contribution in [3.8, 4) is 0 Å². The molecule has 1 aromatic carbocycles. The van der Waals surface area contributed by atoms with E-state index in [9.17, 15) is 4.79 Å². The van der Waals surface area contributed by atoms with Crippen molar-refractivity contribution in [1.29, 1.82) is 0 Å². The molecular formula is C11H15NO2S. The van der Waals surface area contributed by atoms with Crippen LogP contribution in [0.25, 0.3) is 0 Å². The molecule has 1 aromatic rings. The number of hydrogen-bond donors (Lipinski definition) is 1. The summed E-state index contributed by atoms with van der Waals surface area (Å²) in [5, 5.41) is 0. The van der Waals surface area contributed by atoms with Gasteiger partial charge in [0.25, 0.3) is 0 Å². The van der Waals surface area contributed by atoms with Gasteiger partial charge in [0.15, 0.2) is 0 Å². The highest BCUT2D eigenvalue weighted by Crippen LogP contribution is 2.19. The highest BCUT2D eigenvalue weighted by molar-refractivity contribution is 7.93. The van der Waals surface area contributed by atoms with Gasteiger partial charge >= 0.3 is 0 Å². The molecular weight excluding hydrogens is 210 g/mol. The Bertz CT molecular complexity index is 300. The van der Waals surface area contributed by atoms with E-state index in [2.05, 4.69) is 4.90 Å². The molecule has 0 bridgehead atoms. The van der Waals surface area contributed by atoms with Crippen molar-refractivity contribution in [2.24, 2.45) is 0 Å². The fraction of sp³-hybridized carbons (Fsp3) is 0.364. The molecule has 0 aromatic heterocycles. The van der Waals surface area contributed by atoms with Gasteiger partial charge in [0, 0.05) is 42.6 Å². The van der Waals surface area contributed by atoms with Gasteiger partial charge in [0.2, 0.25) is 0 Å². The molecule has 0 aliphatic rings. The van der Waals surface area contributed by atoms with Crippen molar-refractivity contribution >= 4 is 24.0 Å². The molecule has 0 aliphatic heterocycles. The number of rotatable bonds is 6. The number of nitrogens with zero attached hydrogens (tertiary/aromatic N) is 1. The molecule has 0 radical (unpaired) electrons. The topological polar surface area (TPSA) is 40.5 Å². The molecule has 1 rings (SSSR count). The second-order valence-corrected chi connectivity index (χ2v) is 3.97. The Hall–Kier alpha value is -1.00. The molecule has 0 saturated carbocycles. The lowest BCUT2D eigenvalue weighted by atomic mass is 10.2. The van der Waals surface area contributed by atoms with Crippen molar-refractivity contribution < 1.29 is 9.35 Å². The summed E-state index contributed by atoms with van der Waals surface area (Å²) < 4.78 is 8.80. The lowest BCUT2D eigenvalue weighted by Crippen LogP contribution is -2.18. The molecule has 0 fully saturated rings. The predicted molar refractivity (Wildman–Crippen MR) is 63.5 cm³/mol. The lowest BCUT2D eigenvalue weighted by Gasteiger charge is -2.18. The van der Waals surface area contributed by atoms with E-state index in [1.165, 1.54) is 0 Å². The van der Waals surface area contributed by atoms with E-state index in [-0.39, 0.29) is 0 Å². The molecule has 0 aliphatic carbocycles. The first kappa shape index (κ1) is 12.1. The van der Waals surface area contributed by atoms with E-state index in [0.717, 1.165) is 41.9 Å². The van der Waals surface area contributed by atoms with Crippen LogP contribution in [0.15, 0.2) is 29.2 Å². The first-order valence-corrected chi connectivity index (χ1v) is 5.61. The predicted octanol–water partition coefficient (Wildman–Crippen LogP) is 2.67. The normalized spacial score (nSPS) is 10.0. The van der Waals surface area contributed by atoms with Crippen LogP contribution in [0.1, 0.15) is 12.8 Å². The van der Waals surface area contributed by atoms with Crippen molar-refractivity contribution in [1.82, 2.24) is 0 Å². The minimum absolute atomic E-state index is 0.606. The lowest BCUT2D eigenvalue weighted by molar-refractivity contribution is -0.107. The first-order valence-electron chi connectivity index (χ1n) is 4.84. The maximum Gasteiger partial charge on any atom is 0.120 e. The van der Waals surface area contributed by atoms with Crippen LogP contribution < -0.4 is 4.90 Å². The van der Waals surface area contributed by atoms with Crippen molar-refractivity contribution in [3.05, 3.63) is 24.3 Å². The maximum absolute atomic E-state index is 10.2. The van der Waals surface area contributed by atoms with Gasteiger partial charge in [-0.3, -0.25) is 0 Å². The van der Waals surface area contributed by atoms with Crippen LogP contribution in [0, 0.1) is 0 Å². The van der Waals surface area contributed by atoms with E-state index in [4.69, 9.17) is 4.55 Å². The number of carbonyl (C=O) groups excluding carboxylic acids is 1. The summed E-state index contributed by atoms with van der Waals surface area (Å²) in [7, 11) is 1.99. The highest BCUT2D eigenvalue weighted by atomic mass is 32.2. The number of benzene rings is 1. The quantitative estimate of drug-likeness (QED) is 0.459. The van der Waals surface area contributed by atoms with Gasteiger partial charge in [-0.15, -0.1) is 0 Å². The Kier molecular flexibility index (Phi) is 5.21. The summed E-state index contributed by atoms with van der Waals surface area (Å²) in [4.78, 5) is 13.1. The second-order valence-electron chi connectivity index (χ2n) is 3.32. The Labute approximate surface area is 94.3 Å². The molecule has 0 heterocycles. The smallest absolute Gasteiger partial charge is 0.120 e. The van der Waals surface area contributed by atoms with E-state index in [0.29, 0.717) is 6.42 Å². The standard InChI is InChI=1S/C11H15NO2S/c1-12(8-2-3-9-13)10-4-6-11(15-14)7-5-10/h4-7,9,14H,2-3,8H2,1H3. The molecule has 3 nitrogen and oxygen atoms in total. The van der Waals surface area contributed by atoms with Crippen LogP contribution in [-0.4, -0.2) is 24.4 Å².